The van der Waals surface area contributed by atoms with Gasteiger partial charge in [0.25, 0.3) is 11.8 Å². The van der Waals surface area contributed by atoms with Gasteiger partial charge in [0.15, 0.2) is 11.8 Å². The molecule has 4 heterocycles. The number of likely N-dealkylation sites (tertiary alicyclic amines) is 2. The van der Waals surface area contributed by atoms with Gasteiger partial charge in [0.05, 0.1) is 37.5 Å². The van der Waals surface area contributed by atoms with Crippen LogP contribution < -0.4 is 5.32 Å². The Balaban J connectivity index is 0.00000224. The fourth-order valence-electron chi connectivity index (χ4n) is 8.18. The molecule has 16 heteroatoms. The van der Waals surface area contributed by atoms with Crippen LogP contribution in [0.3, 0.4) is 0 Å². The third-order valence-corrected chi connectivity index (χ3v) is 11.2. The number of H-pyrrole nitrogens is 1. The summed E-state index contributed by atoms with van der Waals surface area (Å²) in [7, 11) is 2.66. The number of ether oxygens (including phenoxy) is 1. The number of carbonyl (C=O) groups excluding carboxylic acids is 3. The highest BCUT2D eigenvalue weighted by Crippen LogP contribution is 2.37. The highest BCUT2D eigenvalue weighted by molar-refractivity contribution is 7.59. The van der Waals surface area contributed by atoms with E-state index in [9.17, 15) is 14.4 Å². The van der Waals surface area contributed by atoms with Gasteiger partial charge in [0.2, 0.25) is 12.3 Å². The van der Waals surface area contributed by atoms with Gasteiger partial charge in [-0.1, -0.05) is 106 Å². The summed E-state index contributed by atoms with van der Waals surface area (Å²) >= 11 is 0. The Labute approximate surface area is 388 Å². The topological polar surface area (TPSA) is 164 Å². The molecular formula is C48H59N7O7S2. The Hall–Kier alpha value is -6.10. The fraction of sp³-hybridized carbons (Fsp3) is 0.333. The highest BCUT2D eigenvalue weighted by Gasteiger charge is 2.38. The zero-order valence-electron chi connectivity index (χ0n) is 34.5. The van der Waals surface area contributed by atoms with Crippen molar-refractivity contribution in [3.8, 4) is 11.3 Å². The molecule has 0 radical (unpaired) electrons. The summed E-state index contributed by atoms with van der Waals surface area (Å²) in [6, 6.07) is 30.9. The highest BCUT2D eigenvalue weighted by atomic mass is 32.1. The molecule has 8 rings (SSSR count). The number of carbonyl (C=O) groups is 3. The maximum Gasteiger partial charge on any atom is 0.407 e. The number of methoxy groups -OCH3 is 1. The first-order valence-electron chi connectivity index (χ1n) is 20.2. The molecule has 2 saturated heterocycles. The van der Waals surface area contributed by atoms with Crippen molar-refractivity contribution in [3.05, 3.63) is 143 Å². The zero-order valence-corrected chi connectivity index (χ0v) is 36.5. The molecule has 3 amide bonds. The molecule has 14 nitrogen and oxygen atoms in total. The lowest BCUT2D eigenvalue weighted by Gasteiger charge is -2.28. The Bertz CT molecular complexity index is 2450. The molecule has 2 aromatic heterocycles. The summed E-state index contributed by atoms with van der Waals surface area (Å²) in [6.45, 7) is 1.13. The van der Waals surface area contributed by atoms with Crippen molar-refractivity contribution >= 4 is 62.3 Å². The van der Waals surface area contributed by atoms with Crippen LogP contribution in [-0.4, -0.2) is 76.4 Å². The van der Waals surface area contributed by atoms with Gasteiger partial charge in [0, 0.05) is 18.7 Å². The Morgan fingerprint density at radius 1 is 0.828 bits per heavy atom. The van der Waals surface area contributed by atoms with Crippen molar-refractivity contribution in [2.24, 2.45) is 4.99 Å². The first-order valence-corrected chi connectivity index (χ1v) is 20.2. The van der Waals surface area contributed by atoms with Crippen molar-refractivity contribution in [1.29, 1.82) is 0 Å². The van der Waals surface area contributed by atoms with Crippen LogP contribution in [-0.2, 0) is 36.9 Å². The number of benzene rings is 4. The van der Waals surface area contributed by atoms with Crippen LogP contribution in [0.2, 0.25) is 0 Å². The average Bonchev–Trinajstić information content (AvgIpc) is 4.13. The van der Waals surface area contributed by atoms with Crippen molar-refractivity contribution < 1.29 is 33.3 Å². The molecule has 64 heavy (non-hydrogen) atoms. The summed E-state index contributed by atoms with van der Waals surface area (Å²) in [6.07, 6.45) is 7.00. The smallest absolute Gasteiger partial charge is 0.407 e. The molecule has 0 aliphatic carbocycles. The molecule has 0 saturated carbocycles. The number of fused-ring (bicyclic) bond motifs is 1. The fourth-order valence-corrected chi connectivity index (χ4v) is 8.18. The van der Waals surface area contributed by atoms with Gasteiger partial charge >= 0.3 is 6.09 Å². The minimum absolute atomic E-state index is 0. The van der Waals surface area contributed by atoms with Crippen molar-refractivity contribution in [2.45, 2.75) is 77.5 Å². The average molecular weight is 910 g/mol. The summed E-state index contributed by atoms with van der Waals surface area (Å²) in [4.78, 5) is 70.5. The first-order chi connectivity index (χ1) is 29.4. The molecule has 0 bridgehead atoms. The number of rotatable bonds is 14. The number of aromatic amines is 1. The minimum atomic E-state index is -0.875. The molecule has 4 aromatic carbocycles. The predicted octanol–water partition coefficient (Wildman–Crippen LogP) is 9.27. The van der Waals surface area contributed by atoms with E-state index in [4.69, 9.17) is 19.0 Å². The van der Waals surface area contributed by atoms with Crippen molar-refractivity contribution in [1.82, 2.24) is 30.1 Å². The van der Waals surface area contributed by atoms with Gasteiger partial charge in [-0.05, 0) is 72.9 Å². The third kappa shape index (κ3) is 11.3. The largest absolute Gasteiger partial charge is 0.453 e. The maximum absolute atomic E-state index is 13.9. The van der Waals surface area contributed by atoms with E-state index in [0.717, 1.165) is 78.5 Å². The number of aryl methyl sites for hydroxylation is 2. The number of hydrogen-bond acceptors (Lipinski definition) is 10. The quantitative estimate of drug-likeness (QED) is 0.0469. The molecule has 2 fully saturated rings. The number of nitrogens with zero attached hydrogens (tertiary/aromatic N) is 5. The monoisotopic (exact) mass is 909 g/mol. The van der Waals surface area contributed by atoms with E-state index < -0.39 is 18.2 Å². The molecule has 2 aliphatic heterocycles. The second kappa shape index (κ2) is 23.5. The van der Waals surface area contributed by atoms with Gasteiger partial charge in [-0.3, -0.25) is 9.59 Å². The second-order valence-electron chi connectivity index (χ2n) is 14.9. The van der Waals surface area contributed by atoms with Gasteiger partial charge in [-0.25, -0.2) is 19.8 Å². The molecular weight excluding hydrogens is 851 g/mol. The molecule has 0 unspecified atom stereocenters. The van der Waals surface area contributed by atoms with Gasteiger partial charge in [0.1, 0.15) is 17.9 Å². The third-order valence-electron chi connectivity index (χ3n) is 11.2. The standard InChI is InChI=1S/C46H47N7O7.2CH4.2H2S/c1-57-46(56)51-41(34-13-7-4-8-14-34)45(55)52-25-9-15-37(52)42-49-35-24-21-31(27-36(35)50-42)18-17-30-19-22-32(23-20-30)39-28-47-43(60-39)38-16-10-26-53(38)44(54)40(48-29-59-58-2)33-11-5-3-6-12-33;;;;/h3-8,11-14,19-24,27-29,37-38,40-41H,9-10,15-18,25-26H2,1-2H3,(H,49,50)(H,51,56);2*1H4;2*1H2/t37-,38-,40+,41+;;;;/m0..../s1. The normalized spacial score (nSPS) is 16.5. The lowest BCUT2D eigenvalue weighted by Crippen LogP contribution is -2.42. The number of imidazole rings is 1. The molecule has 6 aromatic rings. The van der Waals surface area contributed by atoms with E-state index in [1.807, 2.05) is 78.9 Å². The Morgan fingerprint density at radius 2 is 1.45 bits per heavy atom. The number of nitrogens with one attached hydrogen (secondary N) is 2. The molecule has 2 aliphatic rings. The number of aromatic nitrogens is 3. The number of aliphatic imine (C=N–C) groups is 1. The second-order valence-corrected chi connectivity index (χ2v) is 14.9. The van der Waals surface area contributed by atoms with Gasteiger partial charge in [-0.2, -0.15) is 31.9 Å². The zero-order chi connectivity index (χ0) is 41.4. The Kier molecular flexibility index (Phi) is 18.6. The molecule has 2 N–H and O–H groups in total. The van der Waals surface area contributed by atoms with Crippen LogP contribution in [0.5, 0.6) is 0 Å². The molecule has 4 atom stereocenters. The SMILES string of the molecule is C.C.COOC=N[C@@H](C(=O)N1CCC[C@H]1c1ncc(-c2ccc(CCc3ccc4nc([C@@H]5CCCN5C(=O)[C@H](NC(=O)OC)c5ccccc5)[nH]c4c3)cc2)o1)c1ccccc1.S.S. The summed E-state index contributed by atoms with van der Waals surface area (Å²) in [5.74, 6) is 1.51. The maximum atomic E-state index is 13.9. The van der Waals surface area contributed by atoms with Crippen LogP contribution in [0.4, 0.5) is 4.79 Å². The van der Waals surface area contributed by atoms with Crippen LogP contribution in [0.25, 0.3) is 22.4 Å². The van der Waals surface area contributed by atoms with Gasteiger partial charge < -0.3 is 34.1 Å². The van der Waals surface area contributed by atoms with Crippen LogP contribution >= 0.6 is 27.0 Å². The van der Waals surface area contributed by atoms with E-state index in [1.54, 1.807) is 16.0 Å². The van der Waals surface area contributed by atoms with E-state index in [0.29, 0.717) is 30.3 Å². The number of alkyl carbamates (subject to hydrolysis) is 1. The summed E-state index contributed by atoms with van der Waals surface area (Å²) in [5.41, 5.74) is 6.42. The minimum Gasteiger partial charge on any atom is -0.453 e. The summed E-state index contributed by atoms with van der Waals surface area (Å²) < 4.78 is 11.1. The number of oxazole rings is 1. The van der Waals surface area contributed by atoms with Crippen LogP contribution in [0.15, 0.2) is 119 Å². The summed E-state index contributed by atoms with van der Waals surface area (Å²) in [5, 5.41) is 2.72. The van der Waals surface area contributed by atoms with E-state index in [-0.39, 0.29) is 65.7 Å². The van der Waals surface area contributed by atoms with Crippen molar-refractivity contribution in [2.75, 3.05) is 27.3 Å². The van der Waals surface area contributed by atoms with Gasteiger partial charge in [-0.15, -0.1) is 0 Å². The van der Waals surface area contributed by atoms with Crippen molar-refractivity contribution in [3.63, 3.8) is 0 Å². The lowest BCUT2D eigenvalue weighted by atomic mass is 10.0. The Morgan fingerprint density at radius 3 is 2.12 bits per heavy atom. The number of hydrogen-bond donors (Lipinski definition) is 2. The first kappa shape index (κ1) is 50.5. The van der Waals surface area contributed by atoms with E-state index >= 15 is 0 Å². The lowest BCUT2D eigenvalue weighted by molar-refractivity contribution is -0.188. The number of amides is 3. The van der Waals surface area contributed by atoms with Crippen LogP contribution in [0, 0.1) is 0 Å². The van der Waals surface area contributed by atoms with E-state index in [1.165, 1.54) is 19.8 Å². The van der Waals surface area contributed by atoms with E-state index in [2.05, 4.69) is 49.4 Å². The van der Waals surface area contributed by atoms with Crippen LogP contribution in [0.1, 0.15) is 98.7 Å². The predicted molar refractivity (Wildman–Crippen MR) is 258 cm³/mol. The molecule has 0 spiro atoms. The molecule has 340 valence electrons.